The number of quaternary nitrogens is 1. The molecule has 0 saturated carbocycles. The summed E-state index contributed by atoms with van der Waals surface area (Å²) in [6, 6.07) is 25.3. The van der Waals surface area contributed by atoms with Gasteiger partial charge in [0.25, 0.3) is 0 Å². The van der Waals surface area contributed by atoms with Gasteiger partial charge in [0.1, 0.15) is 11.8 Å². The molecule has 1 saturated heterocycles. The van der Waals surface area contributed by atoms with Crippen LogP contribution in [0.2, 0.25) is 0 Å². The summed E-state index contributed by atoms with van der Waals surface area (Å²) >= 11 is 0. The molecule has 4 heteroatoms. The van der Waals surface area contributed by atoms with E-state index in [9.17, 15) is 5.11 Å². The quantitative estimate of drug-likeness (QED) is 0.696. The number of aromatic hydroxyl groups is 1. The van der Waals surface area contributed by atoms with Gasteiger partial charge in [-0.15, -0.1) is 0 Å². The Balaban J connectivity index is 1.32. The van der Waals surface area contributed by atoms with Crippen LogP contribution in [0.5, 0.6) is 5.75 Å². The van der Waals surface area contributed by atoms with Crippen molar-refractivity contribution in [2.24, 2.45) is 5.10 Å². The Bertz CT molecular complexity index is 976. The van der Waals surface area contributed by atoms with E-state index in [4.69, 9.17) is 0 Å². The molecular formula is C24H24N3O+. The second-order valence-corrected chi connectivity index (χ2v) is 7.56. The number of nitrogens with zero attached hydrogens (tertiary/aromatic N) is 2. The van der Waals surface area contributed by atoms with Crippen LogP contribution in [0.1, 0.15) is 22.7 Å². The molecule has 1 aliphatic carbocycles. The van der Waals surface area contributed by atoms with Crippen molar-refractivity contribution in [3.63, 3.8) is 0 Å². The van der Waals surface area contributed by atoms with E-state index in [1.54, 1.807) is 17.0 Å². The first kappa shape index (κ1) is 17.0. The fraction of sp³-hybridized carbons (Fsp3) is 0.208. The van der Waals surface area contributed by atoms with Crippen LogP contribution in [0.3, 0.4) is 0 Å². The maximum Gasteiger partial charge on any atom is 0.140 e. The van der Waals surface area contributed by atoms with Crippen LogP contribution in [0.4, 0.5) is 0 Å². The molecule has 3 aromatic carbocycles. The Hall–Kier alpha value is -3.11. The van der Waals surface area contributed by atoms with E-state index in [1.165, 1.54) is 22.3 Å². The molecule has 0 aromatic heterocycles. The van der Waals surface area contributed by atoms with Gasteiger partial charge in [-0.05, 0) is 28.8 Å². The van der Waals surface area contributed by atoms with Gasteiger partial charge in [-0.25, -0.2) is 0 Å². The molecule has 1 heterocycles. The van der Waals surface area contributed by atoms with E-state index < -0.39 is 0 Å². The lowest BCUT2D eigenvalue weighted by Crippen LogP contribution is -3.14. The first-order chi connectivity index (χ1) is 13.8. The highest BCUT2D eigenvalue weighted by Gasteiger charge is 2.37. The minimum atomic E-state index is 0.275. The molecule has 0 spiro atoms. The number of hydrogen-bond acceptors (Lipinski definition) is 3. The zero-order valence-electron chi connectivity index (χ0n) is 15.8. The second kappa shape index (κ2) is 7.13. The monoisotopic (exact) mass is 370 g/mol. The second-order valence-electron chi connectivity index (χ2n) is 7.56. The van der Waals surface area contributed by atoms with Gasteiger partial charge in [-0.1, -0.05) is 60.7 Å². The molecule has 1 aliphatic heterocycles. The lowest BCUT2D eigenvalue weighted by molar-refractivity contribution is -0.929. The Morgan fingerprint density at radius 2 is 1.50 bits per heavy atom. The van der Waals surface area contributed by atoms with Crippen molar-refractivity contribution >= 4 is 6.21 Å². The van der Waals surface area contributed by atoms with Gasteiger partial charge in [0.15, 0.2) is 0 Å². The molecule has 5 rings (SSSR count). The third-order valence-electron chi connectivity index (χ3n) is 5.86. The highest BCUT2D eigenvalue weighted by atomic mass is 16.3. The molecule has 0 bridgehead atoms. The van der Waals surface area contributed by atoms with Crippen molar-refractivity contribution in [3.8, 4) is 16.9 Å². The van der Waals surface area contributed by atoms with E-state index in [0.29, 0.717) is 6.04 Å². The maximum atomic E-state index is 9.59. The van der Waals surface area contributed by atoms with E-state index in [0.717, 1.165) is 31.7 Å². The first-order valence-corrected chi connectivity index (χ1v) is 9.90. The van der Waals surface area contributed by atoms with Gasteiger partial charge < -0.3 is 10.0 Å². The van der Waals surface area contributed by atoms with Gasteiger partial charge in [-0.2, -0.15) is 5.10 Å². The van der Waals surface area contributed by atoms with Crippen LogP contribution >= 0.6 is 0 Å². The number of nitrogens with one attached hydrogen (secondary N) is 1. The summed E-state index contributed by atoms with van der Waals surface area (Å²) in [6.07, 6.45) is 1.84. The minimum Gasteiger partial charge on any atom is -0.508 e. The van der Waals surface area contributed by atoms with E-state index in [1.807, 2.05) is 18.3 Å². The predicted octanol–water partition coefficient (Wildman–Crippen LogP) is 2.70. The number of hydrazone groups is 1. The van der Waals surface area contributed by atoms with Gasteiger partial charge in [0, 0.05) is 11.1 Å². The van der Waals surface area contributed by atoms with E-state index in [2.05, 4.69) is 58.6 Å². The molecular weight excluding hydrogens is 346 g/mol. The molecule has 0 atom stereocenters. The highest BCUT2D eigenvalue weighted by Crippen LogP contribution is 2.41. The summed E-state index contributed by atoms with van der Waals surface area (Å²) in [5, 5.41) is 16.4. The Kier molecular flexibility index (Phi) is 4.34. The molecule has 0 unspecified atom stereocenters. The molecule has 0 radical (unpaired) electrons. The molecule has 1 fully saturated rings. The first-order valence-electron chi connectivity index (χ1n) is 9.90. The van der Waals surface area contributed by atoms with Crippen LogP contribution in [0, 0.1) is 0 Å². The normalized spacial score (nSPS) is 17.1. The smallest absolute Gasteiger partial charge is 0.140 e. The highest BCUT2D eigenvalue weighted by molar-refractivity contribution is 5.80. The zero-order chi connectivity index (χ0) is 18.9. The number of phenolic OH excluding ortho intramolecular Hbond substituents is 1. The molecule has 3 aromatic rings. The summed E-state index contributed by atoms with van der Waals surface area (Å²) in [7, 11) is 0. The number of phenols is 1. The van der Waals surface area contributed by atoms with Crippen LogP contribution in [-0.4, -0.2) is 42.5 Å². The molecule has 4 nitrogen and oxygen atoms in total. The average molecular weight is 370 g/mol. The lowest BCUT2D eigenvalue weighted by Gasteiger charge is -2.34. The largest absolute Gasteiger partial charge is 0.508 e. The van der Waals surface area contributed by atoms with Crippen LogP contribution in [0.15, 0.2) is 77.9 Å². The van der Waals surface area contributed by atoms with Gasteiger partial charge in [0.2, 0.25) is 0 Å². The predicted molar refractivity (Wildman–Crippen MR) is 112 cm³/mol. The summed E-state index contributed by atoms with van der Waals surface area (Å²) in [5.74, 6) is 0.275. The molecule has 140 valence electrons. The van der Waals surface area contributed by atoms with Gasteiger partial charge in [-0.3, -0.25) is 5.01 Å². The summed E-state index contributed by atoms with van der Waals surface area (Å²) in [4.78, 5) is 1.61. The van der Waals surface area contributed by atoms with Crippen molar-refractivity contribution in [1.29, 1.82) is 0 Å². The fourth-order valence-electron chi connectivity index (χ4n) is 4.54. The van der Waals surface area contributed by atoms with Crippen molar-refractivity contribution in [2.75, 3.05) is 26.2 Å². The summed E-state index contributed by atoms with van der Waals surface area (Å²) in [5.41, 5.74) is 6.61. The number of piperazine rings is 1. The fourth-order valence-corrected chi connectivity index (χ4v) is 4.54. The Labute approximate surface area is 165 Å². The Morgan fingerprint density at radius 3 is 2.14 bits per heavy atom. The van der Waals surface area contributed by atoms with Gasteiger partial charge >= 0.3 is 0 Å². The van der Waals surface area contributed by atoms with Gasteiger partial charge in [0.05, 0.1) is 32.4 Å². The summed E-state index contributed by atoms with van der Waals surface area (Å²) in [6.45, 7) is 3.99. The van der Waals surface area contributed by atoms with E-state index >= 15 is 0 Å². The molecule has 0 amide bonds. The average Bonchev–Trinajstić information content (AvgIpc) is 3.07. The van der Waals surface area contributed by atoms with Crippen LogP contribution in [-0.2, 0) is 0 Å². The molecule has 28 heavy (non-hydrogen) atoms. The maximum absolute atomic E-state index is 9.59. The summed E-state index contributed by atoms with van der Waals surface area (Å²) < 4.78 is 0. The van der Waals surface area contributed by atoms with Crippen molar-refractivity contribution < 1.29 is 10.0 Å². The number of fused-ring (bicyclic) bond motifs is 3. The van der Waals surface area contributed by atoms with Crippen LogP contribution < -0.4 is 4.90 Å². The van der Waals surface area contributed by atoms with Crippen molar-refractivity contribution in [3.05, 3.63) is 89.5 Å². The molecule has 2 aliphatic rings. The third kappa shape index (κ3) is 3.06. The van der Waals surface area contributed by atoms with E-state index in [-0.39, 0.29) is 5.75 Å². The lowest BCUT2D eigenvalue weighted by atomic mass is 10.0. The Morgan fingerprint density at radius 1 is 0.857 bits per heavy atom. The van der Waals surface area contributed by atoms with Crippen molar-refractivity contribution in [1.82, 2.24) is 5.01 Å². The van der Waals surface area contributed by atoms with Crippen LogP contribution in [0.25, 0.3) is 11.1 Å². The number of rotatable bonds is 3. The topological polar surface area (TPSA) is 40.3 Å². The standard InChI is InChI=1S/C24H23N3O/c28-19-7-5-6-18(16-19)17-25-27-14-12-26(13-15-27)24-22-10-3-1-8-20(22)21-9-2-4-11-23(21)24/h1-11,16-17,24,28H,12-15H2/p+1. The van der Waals surface area contributed by atoms with Crippen molar-refractivity contribution in [2.45, 2.75) is 6.04 Å². The number of benzene rings is 3. The third-order valence-corrected chi connectivity index (χ3v) is 5.86. The number of hydrogen-bond donors (Lipinski definition) is 2. The zero-order valence-corrected chi connectivity index (χ0v) is 15.8. The molecule has 2 N–H and O–H groups in total. The SMILES string of the molecule is Oc1cccc(C=NN2CC[NH+](C3c4ccccc4-c4ccccc43)CC2)c1. The minimum absolute atomic E-state index is 0.275.